The van der Waals surface area contributed by atoms with Gasteiger partial charge in [0.2, 0.25) is 5.89 Å². The molecule has 106 valence electrons. The first-order valence-electron chi connectivity index (χ1n) is 7.01. The lowest BCUT2D eigenvalue weighted by atomic mass is 10.2. The molecule has 2 heterocycles. The van der Waals surface area contributed by atoms with Crippen LogP contribution in [0.25, 0.3) is 0 Å². The van der Waals surface area contributed by atoms with Crippen LogP contribution in [0.3, 0.4) is 0 Å². The molecule has 0 bridgehead atoms. The number of aryl methyl sites for hydroxylation is 1. The summed E-state index contributed by atoms with van der Waals surface area (Å²) in [7, 11) is 2.15. The molecular formula is C15H20N4O. The van der Waals surface area contributed by atoms with E-state index >= 15 is 0 Å². The van der Waals surface area contributed by atoms with E-state index in [1.54, 1.807) is 0 Å². The van der Waals surface area contributed by atoms with E-state index in [0.29, 0.717) is 18.5 Å². The lowest BCUT2D eigenvalue weighted by molar-refractivity contribution is 0.386. The standard InChI is InChI=1S/C15H20N4O/c1-11-8-9-18(3)13-6-4-5-7-14(13)19(11)10-15-16-12(2)20-17-15/h4-7,11H,8-10H2,1-3H3/t11-/m0/s1. The molecule has 0 amide bonds. The highest BCUT2D eigenvalue weighted by Crippen LogP contribution is 2.34. The van der Waals surface area contributed by atoms with Crippen molar-refractivity contribution < 1.29 is 4.52 Å². The highest BCUT2D eigenvalue weighted by atomic mass is 16.5. The van der Waals surface area contributed by atoms with Gasteiger partial charge in [0.05, 0.1) is 17.9 Å². The van der Waals surface area contributed by atoms with Crippen molar-refractivity contribution in [3.8, 4) is 0 Å². The van der Waals surface area contributed by atoms with Gasteiger partial charge >= 0.3 is 0 Å². The van der Waals surface area contributed by atoms with Crippen molar-refractivity contribution in [1.29, 1.82) is 0 Å². The molecule has 0 fully saturated rings. The summed E-state index contributed by atoms with van der Waals surface area (Å²) in [6.07, 6.45) is 1.11. The van der Waals surface area contributed by atoms with Crippen LogP contribution in [0.2, 0.25) is 0 Å². The van der Waals surface area contributed by atoms with E-state index < -0.39 is 0 Å². The van der Waals surface area contributed by atoms with E-state index in [1.807, 2.05) is 6.92 Å². The zero-order valence-electron chi connectivity index (χ0n) is 12.2. The van der Waals surface area contributed by atoms with E-state index in [9.17, 15) is 0 Å². The van der Waals surface area contributed by atoms with Crippen LogP contribution in [0.1, 0.15) is 25.1 Å². The molecule has 0 saturated heterocycles. The first-order valence-corrected chi connectivity index (χ1v) is 7.01. The van der Waals surface area contributed by atoms with Crippen LogP contribution in [0.4, 0.5) is 11.4 Å². The number of fused-ring (bicyclic) bond motifs is 1. The SMILES string of the molecule is Cc1nc(CN2c3ccccc3N(C)CC[C@@H]2C)no1. The zero-order valence-corrected chi connectivity index (χ0v) is 12.2. The molecule has 1 aliphatic rings. The minimum Gasteiger partial charge on any atom is -0.373 e. The average molecular weight is 272 g/mol. The molecule has 20 heavy (non-hydrogen) atoms. The molecule has 0 N–H and O–H groups in total. The first-order chi connectivity index (χ1) is 9.65. The second kappa shape index (κ2) is 5.15. The minimum absolute atomic E-state index is 0.444. The highest BCUT2D eigenvalue weighted by molar-refractivity contribution is 5.72. The van der Waals surface area contributed by atoms with Crippen LogP contribution in [0, 0.1) is 6.92 Å². The normalized spacial score (nSPS) is 18.9. The van der Waals surface area contributed by atoms with Gasteiger partial charge in [-0.05, 0) is 25.5 Å². The quantitative estimate of drug-likeness (QED) is 0.841. The number of rotatable bonds is 2. The number of hydrogen-bond donors (Lipinski definition) is 0. The summed E-state index contributed by atoms with van der Waals surface area (Å²) in [5.74, 6) is 1.36. The summed E-state index contributed by atoms with van der Waals surface area (Å²) in [6, 6.07) is 8.95. The Morgan fingerprint density at radius 3 is 2.75 bits per heavy atom. The lowest BCUT2D eigenvalue weighted by Crippen LogP contribution is -2.32. The van der Waals surface area contributed by atoms with Gasteiger partial charge in [0.1, 0.15) is 0 Å². The molecule has 5 heteroatoms. The molecule has 1 atom stereocenters. The summed E-state index contributed by atoms with van der Waals surface area (Å²) in [4.78, 5) is 9.01. The molecule has 1 aromatic heterocycles. The number of anilines is 2. The van der Waals surface area contributed by atoms with E-state index in [2.05, 4.69) is 58.2 Å². The van der Waals surface area contributed by atoms with Crippen molar-refractivity contribution in [1.82, 2.24) is 10.1 Å². The number of aromatic nitrogens is 2. The highest BCUT2D eigenvalue weighted by Gasteiger charge is 2.24. The maximum Gasteiger partial charge on any atom is 0.223 e. The Bertz CT molecular complexity index is 595. The zero-order chi connectivity index (χ0) is 14.1. The summed E-state index contributed by atoms with van der Waals surface area (Å²) in [5.41, 5.74) is 2.50. The predicted molar refractivity (Wildman–Crippen MR) is 79.0 cm³/mol. The average Bonchev–Trinajstić information content (AvgIpc) is 2.82. The molecular weight excluding hydrogens is 252 g/mol. The van der Waals surface area contributed by atoms with Crippen molar-refractivity contribution in [2.45, 2.75) is 32.9 Å². The second-order valence-electron chi connectivity index (χ2n) is 5.41. The fourth-order valence-electron chi connectivity index (χ4n) is 2.72. The summed E-state index contributed by atoms with van der Waals surface area (Å²) in [6.45, 7) is 5.82. The fourth-order valence-corrected chi connectivity index (χ4v) is 2.72. The van der Waals surface area contributed by atoms with Crippen LogP contribution in [0.15, 0.2) is 28.8 Å². The van der Waals surface area contributed by atoms with Crippen molar-refractivity contribution in [2.75, 3.05) is 23.4 Å². The molecule has 0 aliphatic carbocycles. The lowest BCUT2D eigenvalue weighted by Gasteiger charge is -2.29. The van der Waals surface area contributed by atoms with Crippen LogP contribution < -0.4 is 9.80 Å². The van der Waals surface area contributed by atoms with E-state index in [4.69, 9.17) is 4.52 Å². The van der Waals surface area contributed by atoms with Gasteiger partial charge in [0.15, 0.2) is 5.82 Å². The molecule has 0 radical (unpaired) electrons. The fraction of sp³-hybridized carbons (Fsp3) is 0.467. The summed E-state index contributed by atoms with van der Waals surface area (Å²) < 4.78 is 5.08. The maximum atomic E-state index is 5.08. The van der Waals surface area contributed by atoms with Gasteiger partial charge < -0.3 is 14.3 Å². The third-order valence-corrected chi connectivity index (χ3v) is 3.90. The smallest absolute Gasteiger partial charge is 0.223 e. The van der Waals surface area contributed by atoms with Crippen molar-refractivity contribution >= 4 is 11.4 Å². The third-order valence-electron chi connectivity index (χ3n) is 3.90. The van der Waals surface area contributed by atoms with Gasteiger partial charge in [-0.1, -0.05) is 17.3 Å². The molecule has 0 unspecified atom stereocenters. The van der Waals surface area contributed by atoms with Gasteiger partial charge in [-0.2, -0.15) is 4.98 Å². The van der Waals surface area contributed by atoms with E-state index in [-0.39, 0.29) is 0 Å². The maximum absolute atomic E-state index is 5.08. The molecule has 5 nitrogen and oxygen atoms in total. The Morgan fingerprint density at radius 2 is 2.05 bits per heavy atom. The number of benzene rings is 1. The van der Waals surface area contributed by atoms with Gasteiger partial charge in [0.25, 0.3) is 0 Å². The molecule has 2 aromatic rings. The monoisotopic (exact) mass is 272 g/mol. The molecule has 3 rings (SSSR count). The molecule has 0 spiro atoms. The Hall–Kier alpha value is -2.04. The minimum atomic E-state index is 0.444. The van der Waals surface area contributed by atoms with Crippen LogP contribution >= 0.6 is 0 Å². The first kappa shape index (κ1) is 13.0. The molecule has 1 aromatic carbocycles. The largest absolute Gasteiger partial charge is 0.373 e. The Kier molecular flexibility index (Phi) is 3.34. The second-order valence-corrected chi connectivity index (χ2v) is 5.41. The number of hydrogen-bond acceptors (Lipinski definition) is 5. The van der Waals surface area contributed by atoms with Gasteiger partial charge in [-0.25, -0.2) is 0 Å². The predicted octanol–water partition coefficient (Wildman–Crippen LogP) is 2.61. The summed E-state index contributed by atoms with van der Waals surface area (Å²) >= 11 is 0. The van der Waals surface area contributed by atoms with Crippen LogP contribution in [-0.2, 0) is 6.54 Å². The van der Waals surface area contributed by atoms with Crippen molar-refractivity contribution in [3.05, 3.63) is 36.0 Å². The number of para-hydroxylation sites is 2. The van der Waals surface area contributed by atoms with Crippen LogP contribution in [0.5, 0.6) is 0 Å². The Balaban J connectivity index is 1.96. The van der Waals surface area contributed by atoms with Gasteiger partial charge in [-0.3, -0.25) is 0 Å². The Morgan fingerprint density at radius 1 is 1.30 bits per heavy atom. The molecule has 0 saturated carbocycles. The van der Waals surface area contributed by atoms with Crippen molar-refractivity contribution in [3.63, 3.8) is 0 Å². The van der Waals surface area contributed by atoms with E-state index in [0.717, 1.165) is 18.8 Å². The summed E-state index contributed by atoms with van der Waals surface area (Å²) in [5, 5.41) is 4.03. The topological polar surface area (TPSA) is 45.4 Å². The van der Waals surface area contributed by atoms with Crippen molar-refractivity contribution in [2.24, 2.45) is 0 Å². The third kappa shape index (κ3) is 2.35. The van der Waals surface area contributed by atoms with E-state index in [1.165, 1.54) is 11.4 Å². The molecule has 1 aliphatic heterocycles. The van der Waals surface area contributed by atoms with Crippen LogP contribution in [-0.4, -0.2) is 29.8 Å². The number of nitrogens with zero attached hydrogens (tertiary/aromatic N) is 4. The Labute approximate surface area is 119 Å². The van der Waals surface area contributed by atoms with Gasteiger partial charge in [0, 0.05) is 26.6 Å². The van der Waals surface area contributed by atoms with Gasteiger partial charge in [-0.15, -0.1) is 0 Å².